The summed E-state index contributed by atoms with van der Waals surface area (Å²) in [5, 5.41) is 9.14. The predicted octanol–water partition coefficient (Wildman–Crippen LogP) is 0.544. The SMILES string of the molecule is CN(C(=O)CN(C)C1COCC1C(=O)O)C1=CCCC1. The van der Waals surface area contributed by atoms with Crippen molar-refractivity contribution in [3.63, 3.8) is 0 Å². The summed E-state index contributed by atoms with van der Waals surface area (Å²) in [5.74, 6) is -1.42. The van der Waals surface area contributed by atoms with Crippen molar-refractivity contribution in [3.05, 3.63) is 11.8 Å². The molecule has 0 aromatic heterocycles. The highest BCUT2D eigenvalue weighted by molar-refractivity contribution is 5.80. The summed E-state index contributed by atoms with van der Waals surface area (Å²) < 4.78 is 5.24. The molecule has 1 aliphatic heterocycles. The number of likely N-dealkylation sites (N-methyl/N-ethyl adjacent to an activating group) is 2. The van der Waals surface area contributed by atoms with Crippen molar-refractivity contribution < 1.29 is 19.4 Å². The molecule has 1 heterocycles. The van der Waals surface area contributed by atoms with Gasteiger partial charge in [-0.15, -0.1) is 0 Å². The van der Waals surface area contributed by atoms with Crippen LogP contribution in [0.1, 0.15) is 19.3 Å². The third-order valence-electron chi connectivity index (χ3n) is 4.14. The van der Waals surface area contributed by atoms with Gasteiger partial charge in [-0.2, -0.15) is 0 Å². The van der Waals surface area contributed by atoms with Gasteiger partial charge in [0.25, 0.3) is 0 Å². The lowest BCUT2D eigenvalue weighted by Gasteiger charge is -2.28. The highest BCUT2D eigenvalue weighted by Gasteiger charge is 2.37. The number of carbonyl (C=O) groups excluding carboxylic acids is 1. The maximum absolute atomic E-state index is 12.2. The van der Waals surface area contributed by atoms with Gasteiger partial charge in [0.05, 0.1) is 25.7 Å². The predicted molar refractivity (Wildman–Crippen MR) is 73.1 cm³/mol. The molecule has 2 rings (SSSR count). The average molecular weight is 282 g/mol. The van der Waals surface area contributed by atoms with E-state index in [4.69, 9.17) is 9.84 Å². The molecule has 1 N–H and O–H groups in total. The zero-order chi connectivity index (χ0) is 14.7. The Hall–Kier alpha value is -1.40. The van der Waals surface area contributed by atoms with Crippen LogP contribution < -0.4 is 0 Å². The number of nitrogens with zero attached hydrogens (tertiary/aromatic N) is 2. The van der Waals surface area contributed by atoms with E-state index in [-0.39, 0.29) is 25.1 Å². The van der Waals surface area contributed by atoms with Gasteiger partial charge in [-0.25, -0.2) is 0 Å². The molecule has 0 bridgehead atoms. The second kappa shape index (κ2) is 6.37. The van der Waals surface area contributed by atoms with Crippen LogP contribution in [-0.2, 0) is 14.3 Å². The lowest BCUT2D eigenvalue weighted by atomic mass is 10.0. The first-order valence-electron chi connectivity index (χ1n) is 6.97. The van der Waals surface area contributed by atoms with Gasteiger partial charge in [-0.3, -0.25) is 14.5 Å². The molecule has 0 spiro atoms. The molecule has 2 atom stereocenters. The summed E-state index contributed by atoms with van der Waals surface area (Å²) in [6.07, 6.45) is 5.16. The quantitative estimate of drug-likeness (QED) is 0.797. The van der Waals surface area contributed by atoms with E-state index in [1.54, 1.807) is 23.9 Å². The van der Waals surface area contributed by atoms with Gasteiger partial charge in [0.1, 0.15) is 0 Å². The minimum atomic E-state index is -0.862. The Morgan fingerprint density at radius 1 is 1.40 bits per heavy atom. The van der Waals surface area contributed by atoms with Crippen LogP contribution in [0.3, 0.4) is 0 Å². The largest absolute Gasteiger partial charge is 0.481 e. The molecule has 0 radical (unpaired) electrons. The molecule has 0 aromatic carbocycles. The Balaban J connectivity index is 1.91. The number of ether oxygens (including phenoxy) is 1. The molecular formula is C14H22N2O4. The summed E-state index contributed by atoms with van der Waals surface area (Å²) in [5.41, 5.74) is 1.07. The highest BCUT2D eigenvalue weighted by atomic mass is 16.5. The van der Waals surface area contributed by atoms with Crippen LogP contribution in [0.2, 0.25) is 0 Å². The van der Waals surface area contributed by atoms with Gasteiger partial charge in [-0.05, 0) is 26.3 Å². The molecule has 0 aromatic rings. The molecule has 112 valence electrons. The van der Waals surface area contributed by atoms with Crippen LogP contribution in [-0.4, -0.2) is 66.7 Å². The van der Waals surface area contributed by atoms with Gasteiger partial charge in [0, 0.05) is 18.8 Å². The smallest absolute Gasteiger partial charge is 0.310 e. The van der Waals surface area contributed by atoms with Crippen molar-refractivity contribution >= 4 is 11.9 Å². The monoisotopic (exact) mass is 282 g/mol. The van der Waals surface area contributed by atoms with Crippen molar-refractivity contribution in [2.75, 3.05) is 33.9 Å². The molecule has 6 nitrogen and oxygen atoms in total. The Morgan fingerprint density at radius 3 is 2.75 bits per heavy atom. The van der Waals surface area contributed by atoms with Crippen LogP contribution in [0.15, 0.2) is 11.8 Å². The minimum Gasteiger partial charge on any atom is -0.481 e. The van der Waals surface area contributed by atoms with Crippen molar-refractivity contribution in [1.29, 1.82) is 0 Å². The molecule has 1 saturated heterocycles. The normalized spacial score (nSPS) is 25.9. The van der Waals surface area contributed by atoms with E-state index in [9.17, 15) is 9.59 Å². The summed E-state index contributed by atoms with van der Waals surface area (Å²) in [6.45, 7) is 0.804. The summed E-state index contributed by atoms with van der Waals surface area (Å²) >= 11 is 0. The van der Waals surface area contributed by atoms with E-state index >= 15 is 0 Å². The van der Waals surface area contributed by atoms with Crippen molar-refractivity contribution in [2.24, 2.45) is 5.92 Å². The molecule has 1 fully saturated rings. The Morgan fingerprint density at radius 2 is 2.15 bits per heavy atom. The first-order chi connectivity index (χ1) is 9.50. The zero-order valence-electron chi connectivity index (χ0n) is 12.0. The van der Waals surface area contributed by atoms with Crippen LogP contribution in [0.5, 0.6) is 0 Å². The van der Waals surface area contributed by atoms with Gasteiger partial charge < -0.3 is 14.7 Å². The minimum absolute atomic E-state index is 0.00307. The van der Waals surface area contributed by atoms with Crippen LogP contribution in [0, 0.1) is 5.92 Å². The fourth-order valence-electron chi connectivity index (χ4n) is 2.77. The number of carboxylic acid groups (broad SMARTS) is 1. The first kappa shape index (κ1) is 15.0. The molecule has 2 unspecified atom stereocenters. The van der Waals surface area contributed by atoms with E-state index in [2.05, 4.69) is 6.08 Å². The fraction of sp³-hybridized carbons (Fsp3) is 0.714. The standard InChI is InChI=1S/C14H22N2O4/c1-15(12-9-20-8-11(12)14(18)19)7-13(17)16(2)10-5-3-4-6-10/h5,11-12H,3-4,6-9H2,1-2H3,(H,18,19). The Labute approximate surface area is 119 Å². The summed E-state index contributed by atoms with van der Waals surface area (Å²) in [4.78, 5) is 26.8. The Bertz CT molecular complexity index is 421. The number of aliphatic carboxylic acids is 1. The molecule has 20 heavy (non-hydrogen) atoms. The molecule has 2 aliphatic rings. The van der Waals surface area contributed by atoms with Crippen molar-refractivity contribution in [2.45, 2.75) is 25.3 Å². The lowest BCUT2D eigenvalue weighted by molar-refractivity contribution is -0.143. The highest BCUT2D eigenvalue weighted by Crippen LogP contribution is 2.22. The molecule has 1 amide bonds. The van der Waals surface area contributed by atoms with Gasteiger partial charge in [-0.1, -0.05) is 6.08 Å². The molecule has 0 saturated carbocycles. The van der Waals surface area contributed by atoms with Crippen molar-refractivity contribution in [1.82, 2.24) is 9.80 Å². The van der Waals surface area contributed by atoms with E-state index in [0.29, 0.717) is 6.61 Å². The van der Waals surface area contributed by atoms with E-state index in [1.807, 2.05) is 0 Å². The van der Waals surface area contributed by atoms with Gasteiger partial charge in [0.2, 0.25) is 5.91 Å². The average Bonchev–Trinajstić information content (AvgIpc) is 3.08. The third-order valence-corrected chi connectivity index (χ3v) is 4.14. The number of amides is 1. The molecular weight excluding hydrogens is 260 g/mol. The number of rotatable bonds is 5. The van der Waals surface area contributed by atoms with E-state index in [0.717, 1.165) is 25.0 Å². The summed E-state index contributed by atoms with van der Waals surface area (Å²) in [6, 6.07) is -0.234. The topological polar surface area (TPSA) is 70.1 Å². The zero-order valence-corrected chi connectivity index (χ0v) is 12.0. The second-order valence-corrected chi connectivity index (χ2v) is 5.51. The number of hydrogen-bond acceptors (Lipinski definition) is 4. The molecule has 1 aliphatic carbocycles. The lowest BCUT2D eigenvalue weighted by Crippen LogP contribution is -2.45. The van der Waals surface area contributed by atoms with Gasteiger partial charge in [0.15, 0.2) is 0 Å². The first-order valence-corrected chi connectivity index (χ1v) is 6.97. The molecule has 6 heteroatoms. The van der Waals surface area contributed by atoms with E-state index in [1.165, 1.54) is 0 Å². The van der Waals surface area contributed by atoms with Crippen molar-refractivity contribution in [3.8, 4) is 0 Å². The summed E-state index contributed by atoms with van der Waals surface area (Å²) in [7, 11) is 3.57. The maximum atomic E-state index is 12.2. The number of hydrogen-bond donors (Lipinski definition) is 1. The third kappa shape index (κ3) is 3.19. The second-order valence-electron chi connectivity index (χ2n) is 5.51. The van der Waals surface area contributed by atoms with Crippen LogP contribution in [0.25, 0.3) is 0 Å². The maximum Gasteiger partial charge on any atom is 0.310 e. The van der Waals surface area contributed by atoms with Gasteiger partial charge >= 0.3 is 5.97 Å². The van der Waals surface area contributed by atoms with Crippen LogP contribution >= 0.6 is 0 Å². The fourth-order valence-corrected chi connectivity index (χ4v) is 2.77. The van der Waals surface area contributed by atoms with Crippen LogP contribution in [0.4, 0.5) is 0 Å². The Kier molecular flexibility index (Phi) is 4.77. The van der Waals surface area contributed by atoms with E-state index < -0.39 is 11.9 Å². The number of carboxylic acids is 1. The number of carbonyl (C=O) groups is 2. The number of allylic oxidation sites excluding steroid dienone is 2.